The number of rotatable bonds is 6. The lowest BCUT2D eigenvalue weighted by Crippen LogP contribution is -2.58. The summed E-state index contributed by atoms with van der Waals surface area (Å²) in [7, 11) is 0. The summed E-state index contributed by atoms with van der Waals surface area (Å²) in [5, 5.41) is 9.57. The van der Waals surface area contributed by atoms with Gasteiger partial charge in [0, 0.05) is 11.8 Å². The Bertz CT molecular complexity index is 1220. The molecule has 8 heteroatoms. The van der Waals surface area contributed by atoms with E-state index >= 15 is 0 Å². The molecule has 37 heavy (non-hydrogen) atoms. The Balaban J connectivity index is 1.41. The van der Waals surface area contributed by atoms with E-state index in [-0.39, 0.29) is 41.0 Å². The predicted octanol–water partition coefficient (Wildman–Crippen LogP) is 5.19. The molecule has 2 fully saturated rings. The number of fused-ring (bicyclic) bond motifs is 5. The number of Topliss-reactive ketones (excluding diaryl/α,β-unsaturated/α-hetero) is 1. The Morgan fingerprint density at radius 3 is 2.46 bits per heavy atom. The zero-order valence-corrected chi connectivity index (χ0v) is 21.5. The number of hydrogen-bond acceptors (Lipinski definition) is 7. The van der Waals surface area contributed by atoms with Crippen molar-refractivity contribution in [2.75, 3.05) is 0 Å². The van der Waals surface area contributed by atoms with Crippen LogP contribution in [0.4, 0.5) is 0 Å². The Morgan fingerprint density at radius 2 is 1.78 bits per heavy atom. The number of benzene rings is 1. The van der Waals surface area contributed by atoms with Gasteiger partial charge in [0.2, 0.25) is 0 Å². The van der Waals surface area contributed by atoms with Gasteiger partial charge < -0.3 is 9.57 Å². The zero-order valence-electron chi connectivity index (χ0n) is 21.5. The van der Waals surface area contributed by atoms with Gasteiger partial charge in [0.15, 0.2) is 17.2 Å². The smallest absolute Gasteiger partial charge is 0.339 e. The molecule has 5 unspecified atom stereocenters. The van der Waals surface area contributed by atoms with Crippen LogP contribution in [-0.4, -0.2) is 28.2 Å². The minimum atomic E-state index is -1.21. The van der Waals surface area contributed by atoms with Crippen molar-refractivity contribution in [2.45, 2.75) is 71.5 Å². The average molecular weight is 508 g/mol. The standard InChI is InChI=1S/C29H33NO7/c1-18(31)29(37-26(33)20-6-4-19(5-7-20)17-36-30(34)35)15-12-25-23-9-8-21-16-22(32)10-13-27(21,2)24(23)11-14-28(25,29)3/h4-9,16,23-25H,10-15,17H2,1-3H3/t23?,24?,25?,27?,28?,29-/m0/s1. The van der Waals surface area contributed by atoms with Gasteiger partial charge in [0.1, 0.15) is 6.61 Å². The molecule has 0 bridgehead atoms. The number of hydrogen-bond donors (Lipinski definition) is 0. The van der Waals surface area contributed by atoms with Gasteiger partial charge in [-0.1, -0.05) is 38.1 Å². The molecular weight excluding hydrogens is 474 g/mol. The van der Waals surface area contributed by atoms with Crippen LogP contribution in [0.25, 0.3) is 0 Å². The van der Waals surface area contributed by atoms with Crippen LogP contribution in [0.1, 0.15) is 75.2 Å². The quantitative estimate of drug-likeness (QED) is 0.296. The van der Waals surface area contributed by atoms with Crippen LogP contribution >= 0.6 is 0 Å². The zero-order chi connectivity index (χ0) is 26.6. The fourth-order valence-corrected chi connectivity index (χ4v) is 7.90. The molecule has 1 aromatic carbocycles. The number of carbonyl (C=O) groups excluding carboxylic acids is 3. The third kappa shape index (κ3) is 3.92. The van der Waals surface area contributed by atoms with Crippen molar-refractivity contribution in [3.63, 3.8) is 0 Å². The Morgan fingerprint density at radius 1 is 1.08 bits per heavy atom. The molecule has 4 aliphatic carbocycles. The summed E-state index contributed by atoms with van der Waals surface area (Å²) >= 11 is 0. The van der Waals surface area contributed by atoms with E-state index in [2.05, 4.69) is 30.8 Å². The molecule has 0 aromatic heterocycles. The van der Waals surface area contributed by atoms with Crippen LogP contribution in [-0.2, 0) is 25.8 Å². The molecular formula is C29H33NO7. The highest BCUT2D eigenvalue weighted by Crippen LogP contribution is 2.67. The van der Waals surface area contributed by atoms with Crippen LogP contribution in [0.5, 0.6) is 0 Å². The van der Waals surface area contributed by atoms with E-state index in [0.717, 1.165) is 31.3 Å². The van der Waals surface area contributed by atoms with Gasteiger partial charge in [0.25, 0.3) is 5.09 Å². The largest absolute Gasteiger partial charge is 0.447 e. The minimum Gasteiger partial charge on any atom is -0.447 e. The van der Waals surface area contributed by atoms with E-state index in [1.807, 2.05) is 6.08 Å². The maximum absolute atomic E-state index is 13.3. The summed E-state index contributed by atoms with van der Waals surface area (Å²) < 4.78 is 6.17. The first-order valence-corrected chi connectivity index (χ1v) is 13.0. The van der Waals surface area contributed by atoms with Crippen molar-refractivity contribution < 1.29 is 29.0 Å². The van der Waals surface area contributed by atoms with Crippen LogP contribution in [0, 0.1) is 38.7 Å². The molecule has 5 rings (SSSR count). The Kier molecular flexibility index (Phi) is 6.12. The first kappa shape index (κ1) is 25.4. The molecule has 0 N–H and O–H groups in total. The highest BCUT2D eigenvalue weighted by atomic mass is 16.9. The number of ketones is 2. The first-order chi connectivity index (χ1) is 17.5. The number of esters is 1. The fourth-order valence-electron chi connectivity index (χ4n) is 7.90. The van der Waals surface area contributed by atoms with Crippen molar-refractivity contribution in [2.24, 2.45) is 28.6 Å². The molecule has 0 heterocycles. The molecule has 0 saturated heterocycles. The van der Waals surface area contributed by atoms with Crippen molar-refractivity contribution in [1.82, 2.24) is 0 Å². The fraction of sp³-hybridized carbons (Fsp3) is 0.552. The lowest BCUT2D eigenvalue weighted by Gasteiger charge is -2.57. The molecule has 8 nitrogen and oxygen atoms in total. The van der Waals surface area contributed by atoms with Crippen LogP contribution in [0.3, 0.4) is 0 Å². The van der Waals surface area contributed by atoms with Gasteiger partial charge in [-0.25, -0.2) is 4.79 Å². The second-order valence-electron chi connectivity index (χ2n) is 11.6. The third-order valence-electron chi connectivity index (χ3n) is 10.00. The highest BCUT2D eigenvalue weighted by Gasteiger charge is 2.67. The summed E-state index contributed by atoms with van der Waals surface area (Å²) in [5.41, 5.74) is 0.215. The summed E-state index contributed by atoms with van der Waals surface area (Å²) in [6, 6.07) is 6.25. The number of carbonyl (C=O) groups is 3. The van der Waals surface area contributed by atoms with Gasteiger partial charge in [-0.2, -0.15) is 0 Å². The van der Waals surface area contributed by atoms with E-state index in [1.54, 1.807) is 24.3 Å². The first-order valence-electron chi connectivity index (χ1n) is 13.0. The number of ether oxygens (including phenoxy) is 1. The van der Waals surface area contributed by atoms with E-state index in [4.69, 9.17) is 4.74 Å². The molecule has 1 aromatic rings. The second kappa shape index (κ2) is 8.92. The maximum atomic E-state index is 13.3. The highest BCUT2D eigenvalue weighted by molar-refractivity contribution is 5.95. The van der Waals surface area contributed by atoms with E-state index in [1.165, 1.54) is 6.92 Å². The molecule has 0 spiro atoms. The van der Waals surface area contributed by atoms with Crippen molar-refractivity contribution in [3.8, 4) is 0 Å². The van der Waals surface area contributed by atoms with Gasteiger partial charge >= 0.3 is 5.97 Å². The van der Waals surface area contributed by atoms with Crippen molar-refractivity contribution in [1.29, 1.82) is 0 Å². The topological polar surface area (TPSA) is 113 Å². The average Bonchev–Trinajstić information content (AvgIpc) is 3.16. The van der Waals surface area contributed by atoms with Crippen LogP contribution in [0.2, 0.25) is 0 Å². The Hall–Kier alpha value is -3.29. The van der Waals surface area contributed by atoms with Gasteiger partial charge in [-0.15, -0.1) is 10.1 Å². The van der Waals surface area contributed by atoms with Crippen molar-refractivity contribution >= 4 is 17.5 Å². The molecule has 196 valence electrons. The summed E-state index contributed by atoms with van der Waals surface area (Å²) in [6.07, 6.45) is 10.5. The SMILES string of the molecule is CC(=O)[C@@]1(OC(=O)c2ccc(CO[N+](=O)[O-])cc2)CCC2C3C=CC4=CC(=O)CCC4(C)C3CCC21C. The van der Waals surface area contributed by atoms with E-state index in [9.17, 15) is 24.5 Å². The summed E-state index contributed by atoms with van der Waals surface area (Å²) in [6.45, 7) is 5.71. The summed E-state index contributed by atoms with van der Waals surface area (Å²) in [4.78, 5) is 53.4. The predicted molar refractivity (Wildman–Crippen MR) is 134 cm³/mol. The maximum Gasteiger partial charge on any atom is 0.339 e. The van der Waals surface area contributed by atoms with Crippen LogP contribution in [0.15, 0.2) is 48.1 Å². The van der Waals surface area contributed by atoms with E-state index in [0.29, 0.717) is 24.3 Å². The van der Waals surface area contributed by atoms with Gasteiger partial charge in [-0.3, -0.25) is 9.59 Å². The normalized spacial score (nSPS) is 36.0. The van der Waals surface area contributed by atoms with Crippen molar-refractivity contribution in [3.05, 3.63) is 69.3 Å². The van der Waals surface area contributed by atoms with E-state index < -0.39 is 22.1 Å². The summed E-state index contributed by atoms with van der Waals surface area (Å²) in [5.74, 6) is 0.338. The molecule has 0 radical (unpaired) electrons. The molecule has 4 aliphatic rings. The second-order valence-corrected chi connectivity index (χ2v) is 11.6. The Labute approximate surface area is 216 Å². The molecule has 0 aliphatic heterocycles. The molecule has 6 atom stereocenters. The van der Waals surface area contributed by atoms with Crippen LogP contribution < -0.4 is 0 Å². The lowest BCUT2D eigenvalue weighted by molar-refractivity contribution is -0.763. The molecule has 2 saturated carbocycles. The third-order valence-corrected chi connectivity index (χ3v) is 10.00. The number of allylic oxidation sites excluding steroid dienone is 4. The molecule has 0 amide bonds. The monoisotopic (exact) mass is 507 g/mol. The minimum absolute atomic E-state index is 0.0481. The van der Waals surface area contributed by atoms with Gasteiger partial charge in [0.05, 0.1) is 5.56 Å². The number of nitrogens with zero attached hydrogens (tertiary/aromatic N) is 1. The van der Waals surface area contributed by atoms with Gasteiger partial charge in [-0.05, 0) is 91.5 Å². The lowest BCUT2D eigenvalue weighted by atomic mass is 9.48.